The number of halogens is 4. The van der Waals surface area contributed by atoms with Crippen LogP contribution < -0.4 is 10.6 Å². The summed E-state index contributed by atoms with van der Waals surface area (Å²) in [5.74, 6) is -1.58. The summed E-state index contributed by atoms with van der Waals surface area (Å²) in [4.78, 5) is 13.4. The monoisotopic (exact) mass is 351 g/mol. The van der Waals surface area contributed by atoms with Crippen LogP contribution in [0, 0.1) is 11.6 Å². The molecule has 0 aromatic heterocycles. The number of alkyl halides is 2. The molecule has 0 radical (unpaired) electrons. The number of anilines is 2. The van der Waals surface area contributed by atoms with Crippen molar-refractivity contribution in [1.29, 1.82) is 0 Å². The van der Waals surface area contributed by atoms with Gasteiger partial charge in [-0.15, -0.1) is 0 Å². The van der Waals surface area contributed by atoms with Crippen LogP contribution in [0.2, 0.25) is 0 Å². The van der Waals surface area contributed by atoms with Crippen LogP contribution in [0.3, 0.4) is 0 Å². The highest BCUT2D eigenvalue weighted by Crippen LogP contribution is 2.50. The molecule has 2 N–H and O–H groups in total. The third-order valence-electron chi connectivity index (χ3n) is 4.68. The Labute approximate surface area is 140 Å². The maximum absolute atomic E-state index is 14.7. The molecule has 0 saturated heterocycles. The molecule has 0 bridgehead atoms. The summed E-state index contributed by atoms with van der Waals surface area (Å²) in [6, 6.07) is 7.67. The molecule has 2 aliphatic heterocycles. The van der Waals surface area contributed by atoms with Crippen LogP contribution in [0.15, 0.2) is 36.4 Å². The van der Waals surface area contributed by atoms with E-state index in [-0.39, 0.29) is 17.8 Å². The van der Waals surface area contributed by atoms with Gasteiger partial charge in [0.25, 0.3) is 6.43 Å². The number of hydrogen-bond acceptors (Lipinski definition) is 2. The zero-order valence-electron chi connectivity index (χ0n) is 12.8. The molecule has 2 aromatic rings. The van der Waals surface area contributed by atoms with Crippen LogP contribution >= 0.6 is 0 Å². The highest BCUT2D eigenvalue weighted by molar-refractivity contribution is 5.96. The van der Waals surface area contributed by atoms with Gasteiger partial charge < -0.3 is 15.5 Å². The normalized spacial score (nSPS) is 21.2. The van der Waals surface area contributed by atoms with Gasteiger partial charge in [-0.25, -0.2) is 22.4 Å². The summed E-state index contributed by atoms with van der Waals surface area (Å²) < 4.78 is 55.3. The smallest absolute Gasteiger partial charge is 0.323 e. The first-order valence-corrected chi connectivity index (χ1v) is 7.64. The van der Waals surface area contributed by atoms with Crippen molar-refractivity contribution in [1.82, 2.24) is 4.90 Å². The maximum Gasteiger partial charge on any atom is 0.323 e. The number of fused-ring (bicyclic) bond motifs is 4. The van der Waals surface area contributed by atoms with Gasteiger partial charge in [0.15, 0.2) is 0 Å². The molecule has 1 spiro atoms. The summed E-state index contributed by atoms with van der Waals surface area (Å²) in [6.07, 6.45) is -2.83. The topological polar surface area (TPSA) is 44.4 Å². The lowest BCUT2D eigenvalue weighted by Crippen LogP contribution is -2.58. The van der Waals surface area contributed by atoms with E-state index in [1.807, 2.05) is 0 Å². The van der Waals surface area contributed by atoms with E-state index >= 15 is 0 Å². The lowest BCUT2D eigenvalue weighted by Gasteiger charge is -2.45. The van der Waals surface area contributed by atoms with Crippen LogP contribution in [0.25, 0.3) is 0 Å². The molecule has 1 atom stereocenters. The summed E-state index contributed by atoms with van der Waals surface area (Å²) in [5, 5.41) is 5.23. The average molecular weight is 351 g/mol. The van der Waals surface area contributed by atoms with Crippen molar-refractivity contribution >= 4 is 17.4 Å². The number of hydrogen-bond donors (Lipinski definition) is 2. The molecule has 2 aromatic carbocycles. The number of rotatable bonds is 2. The molecule has 2 heterocycles. The highest BCUT2D eigenvalue weighted by Gasteiger charge is 2.54. The molecule has 4 nitrogen and oxygen atoms in total. The van der Waals surface area contributed by atoms with Crippen molar-refractivity contribution in [2.75, 3.05) is 23.7 Å². The lowest BCUT2D eigenvalue weighted by atomic mass is 9.80. The molecule has 0 aliphatic carbocycles. The zero-order valence-corrected chi connectivity index (χ0v) is 12.8. The maximum atomic E-state index is 14.7. The first-order valence-electron chi connectivity index (χ1n) is 7.64. The molecule has 25 heavy (non-hydrogen) atoms. The highest BCUT2D eigenvalue weighted by atomic mass is 19.3. The van der Waals surface area contributed by atoms with Crippen LogP contribution in [-0.4, -0.2) is 30.4 Å². The summed E-state index contributed by atoms with van der Waals surface area (Å²) in [5.41, 5.74) is -0.960. The standard InChI is InChI=1S/C17H13F4N3O/c18-10-5-6-11(19)15-14(10)17(24(7-13(20)21)16(25)23-15)8-22-12-4-2-1-3-9(12)17/h1-6,13,22H,7-8H2,(H,23,25). The van der Waals surface area contributed by atoms with E-state index < -0.39 is 36.2 Å². The molecule has 1 unspecified atom stereocenters. The lowest BCUT2D eigenvalue weighted by molar-refractivity contribution is 0.0640. The van der Waals surface area contributed by atoms with Crippen LogP contribution in [0.5, 0.6) is 0 Å². The molecule has 2 amide bonds. The quantitative estimate of drug-likeness (QED) is 0.810. The van der Waals surface area contributed by atoms with E-state index in [4.69, 9.17) is 0 Å². The molecule has 0 saturated carbocycles. The van der Waals surface area contributed by atoms with Crippen molar-refractivity contribution in [2.45, 2.75) is 12.0 Å². The van der Waals surface area contributed by atoms with Crippen LogP contribution in [0.4, 0.5) is 33.7 Å². The minimum atomic E-state index is -2.83. The van der Waals surface area contributed by atoms with Crippen molar-refractivity contribution in [3.05, 3.63) is 59.2 Å². The minimum absolute atomic E-state index is 0.0279. The van der Waals surface area contributed by atoms with E-state index in [1.54, 1.807) is 24.3 Å². The van der Waals surface area contributed by atoms with Crippen molar-refractivity contribution in [2.24, 2.45) is 0 Å². The van der Waals surface area contributed by atoms with E-state index in [0.717, 1.165) is 17.0 Å². The Bertz CT molecular complexity index is 873. The fourth-order valence-electron chi connectivity index (χ4n) is 3.72. The zero-order chi connectivity index (χ0) is 17.8. The SMILES string of the molecule is O=C1Nc2c(F)ccc(F)c2C2(CNc3ccccc32)N1CC(F)F. The Morgan fingerprint density at radius 1 is 1.12 bits per heavy atom. The fraction of sp³-hybridized carbons (Fsp3) is 0.235. The number of benzene rings is 2. The molecular formula is C17H13F4N3O. The van der Waals surface area contributed by atoms with Crippen molar-refractivity contribution in [3.63, 3.8) is 0 Å². The molecular weight excluding hydrogens is 338 g/mol. The third-order valence-corrected chi connectivity index (χ3v) is 4.68. The Morgan fingerprint density at radius 3 is 2.60 bits per heavy atom. The van der Waals surface area contributed by atoms with Crippen LogP contribution in [-0.2, 0) is 5.54 Å². The number of carbonyl (C=O) groups is 1. The number of para-hydroxylation sites is 1. The Kier molecular flexibility index (Phi) is 3.38. The van der Waals surface area contributed by atoms with Gasteiger partial charge in [0.1, 0.15) is 17.2 Å². The second kappa shape index (κ2) is 5.37. The molecule has 4 rings (SSSR count). The second-order valence-corrected chi connectivity index (χ2v) is 5.97. The van der Waals surface area contributed by atoms with Gasteiger partial charge >= 0.3 is 6.03 Å². The number of carbonyl (C=O) groups excluding carboxylic acids is 1. The number of nitrogens with zero attached hydrogens (tertiary/aromatic N) is 1. The van der Waals surface area contributed by atoms with Gasteiger partial charge in [-0.1, -0.05) is 18.2 Å². The molecule has 0 fully saturated rings. The van der Waals surface area contributed by atoms with Crippen molar-refractivity contribution < 1.29 is 22.4 Å². The first-order chi connectivity index (χ1) is 11.9. The second-order valence-electron chi connectivity index (χ2n) is 5.97. The number of nitrogens with one attached hydrogen (secondary N) is 2. The predicted octanol–water partition coefficient (Wildman–Crippen LogP) is 3.75. The average Bonchev–Trinajstić information content (AvgIpc) is 2.95. The molecule has 8 heteroatoms. The Balaban J connectivity index is 2.05. The number of amides is 2. The summed E-state index contributed by atoms with van der Waals surface area (Å²) in [6.45, 7) is -0.933. The van der Waals surface area contributed by atoms with Crippen LogP contribution in [0.1, 0.15) is 11.1 Å². The molecule has 2 aliphatic rings. The van der Waals surface area contributed by atoms with E-state index in [2.05, 4.69) is 10.6 Å². The van der Waals surface area contributed by atoms with Gasteiger partial charge in [-0.2, -0.15) is 0 Å². The molecule has 130 valence electrons. The summed E-state index contributed by atoms with van der Waals surface area (Å²) in [7, 11) is 0. The predicted molar refractivity (Wildman–Crippen MR) is 83.8 cm³/mol. The van der Waals surface area contributed by atoms with Gasteiger partial charge in [0.2, 0.25) is 0 Å². The third kappa shape index (κ3) is 2.09. The van der Waals surface area contributed by atoms with E-state index in [1.165, 1.54) is 0 Å². The Morgan fingerprint density at radius 2 is 1.84 bits per heavy atom. The van der Waals surface area contributed by atoms with Crippen molar-refractivity contribution in [3.8, 4) is 0 Å². The largest absolute Gasteiger partial charge is 0.382 e. The van der Waals surface area contributed by atoms with Gasteiger partial charge in [-0.05, 0) is 18.2 Å². The number of urea groups is 1. The van der Waals surface area contributed by atoms with Gasteiger partial charge in [0.05, 0.1) is 12.2 Å². The first kappa shape index (κ1) is 15.7. The van der Waals surface area contributed by atoms with E-state index in [0.29, 0.717) is 11.3 Å². The minimum Gasteiger partial charge on any atom is -0.382 e. The fourth-order valence-corrected chi connectivity index (χ4v) is 3.72. The van der Waals surface area contributed by atoms with Gasteiger partial charge in [0, 0.05) is 23.4 Å². The Hall–Kier alpha value is -2.77. The van der Waals surface area contributed by atoms with E-state index in [9.17, 15) is 22.4 Å². The summed E-state index contributed by atoms with van der Waals surface area (Å²) >= 11 is 0. The van der Waals surface area contributed by atoms with Gasteiger partial charge in [-0.3, -0.25) is 0 Å².